The van der Waals surface area contributed by atoms with E-state index in [4.69, 9.17) is 17.3 Å². The number of fused-ring (bicyclic) bond motifs is 1. The number of pyridine rings is 1. The first-order valence-corrected chi connectivity index (χ1v) is 7.93. The molecule has 0 bridgehead atoms. The van der Waals surface area contributed by atoms with Gasteiger partial charge in [0.25, 0.3) is 0 Å². The molecule has 2 aromatic carbocycles. The summed E-state index contributed by atoms with van der Waals surface area (Å²) in [6.07, 6.45) is 1.66. The molecule has 0 aliphatic rings. The first-order chi connectivity index (χ1) is 12.1. The molecule has 0 amide bonds. The maximum absolute atomic E-state index is 13.2. The minimum Gasteiger partial charge on any atom is -0.368 e. The molecule has 122 valence electrons. The number of nitrogens with two attached hydrogens (primary N) is 1. The average molecular weight is 351 g/mol. The molecule has 25 heavy (non-hydrogen) atoms. The first-order valence-electron chi connectivity index (χ1n) is 7.55. The van der Waals surface area contributed by atoms with E-state index < -0.39 is 0 Å². The summed E-state index contributed by atoms with van der Waals surface area (Å²) in [6.45, 7) is 0. The standard InChI is InChI=1S/C19H12ClFN4/c20-13-5-1-11(2-6-13)15-9-17(12-3-7-14(21)8-4-12)24-18-16(15)10-23-19(22)25-18/h1-10H,(H2,22,23,24,25). The quantitative estimate of drug-likeness (QED) is 0.567. The summed E-state index contributed by atoms with van der Waals surface area (Å²) in [5.41, 5.74) is 9.52. The second-order valence-corrected chi connectivity index (χ2v) is 5.97. The predicted molar refractivity (Wildman–Crippen MR) is 97.6 cm³/mol. The third kappa shape index (κ3) is 3.02. The van der Waals surface area contributed by atoms with Gasteiger partial charge < -0.3 is 5.73 Å². The van der Waals surface area contributed by atoms with E-state index in [0.29, 0.717) is 16.4 Å². The summed E-state index contributed by atoms with van der Waals surface area (Å²) in [6, 6.07) is 15.6. The maximum atomic E-state index is 13.2. The molecular weight excluding hydrogens is 339 g/mol. The molecule has 4 aromatic rings. The molecule has 4 rings (SSSR count). The molecule has 0 atom stereocenters. The highest BCUT2D eigenvalue weighted by Gasteiger charge is 2.11. The van der Waals surface area contributed by atoms with E-state index in [-0.39, 0.29) is 11.8 Å². The molecular formula is C19H12ClFN4. The highest BCUT2D eigenvalue weighted by atomic mass is 35.5. The van der Waals surface area contributed by atoms with Crippen LogP contribution < -0.4 is 5.73 Å². The molecule has 0 fully saturated rings. The van der Waals surface area contributed by atoms with E-state index in [2.05, 4.69) is 15.0 Å². The van der Waals surface area contributed by atoms with Gasteiger partial charge in [0, 0.05) is 22.2 Å². The molecule has 0 unspecified atom stereocenters. The first kappa shape index (κ1) is 15.5. The molecule has 0 aliphatic carbocycles. The Labute approximate surface area is 148 Å². The van der Waals surface area contributed by atoms with Crippen molar-refractivity contribution in [2.45, 2.75) is 0 Å². The highest BCUT2D eigenvalue weighted by molar-refractivity contribution is 6.30. The van der Waals surface area contributed by atoms with Gasteiger partial charge in [0.2, 0.25) is 5.95 Å². The Morgan fingerprint density at radius 1 is 0.880 bits per heavy atom. The molecule has 0 aliphatic heterocycles. The zero-order chi connectivity index (χ0) is 17.4. The van der Waals surface area contributed by atoms with Crippen LogP contribution in [0, 0.1) is 5.82 Å². The van der Waals surface area contributed by atoms with Crippen molar-refractivity contribution in [3.8, 4) is 22.4 Å². The average Bonchev–Trinajstić information content (AvgIpc) is 2.62. The SMILES string of the molecule is Nc1ncc2c(-c3ccc(Cl)cc3)cc(-c3ccc(F)cc3)nc2n1. The van der Waals surface area contributed by atoms with Gasteiger partial charge >= 0.3 is 0 Å². The monoisotopic (exact) mass is 350 g/mol. The van der Waals surface area contributed by atoms with Gasteiger partial charge in [-0.2, -0.15) is 4.98 Å². The van der Waals surface area contributed by atoms with Crippen molar-refractivity contribution in [1.29, 1.82) is 0 Å². The lowest BCUT2D eigenvalue weighted by molar-refractivity contribution is 0.628. The number of rotatable bonds is 2. The Hall–Kier alpha value is -3.05. The third-order valence-corrected chi connectivity index (χ3v) is 4.13. The molecule has 0 radical (unpaired) electrons. The molecule has 0 spiro atoms. The number of aromatic nitrogens is 3. The van der Waals surface area contributed by atoms with Crippen molar-refractivity contribution >= 4 is 28.6 Å². The summed E-state index contributed by atoms with van der Waals surface area (Å²) in [7, 11) is 0. The number of hydrogen-bond acceptors (Lipinski definition) is 4. The Kier molecular flexibility index (Phi) is 3.78. The van der Waals surface area contributed by atoms with Gasteiger partial charge in [0.1, 0.15) is 5.82 Å². The maximum Gasteiger partial charge on any atom is 0.222 e. The van der Waals surface area contributed by atoms with E-state index in [1.807, 2.05) is 30.3 Å². The number of nitrogen functional groups attached to an aromatic ring is 1. The van der Waals surface area contributed by atoms with Crippen LogP contribution >= 0.6 is 11.6 Å². The van der Waals surface area contributed by atoms with Crippen LogP contribution in [0.15, 0.2) is 60.8 Å². The smallest absolute Gasteiger partial charge is 0.222 e. The lowest BCUT2D eigenvalue weighted by atomic mass is 10.0. The van der Waals surface area contributed by atoms with E-state index in [1.54, 1.807) is 18.3 Å². The molecule has 2 aromatic heterocycles. The fraction of sp³-hybridized carbons (Fsp3) is 0. The Bertz CT molecular complexity index is 1060. The molecule has 0 saturated carbocycles. The fourth-order valence-corrected chi connectivity index (χ4v) is 2.78. The molecule has 4 nitrogen and oxygen atoms in total. The number of anilines is 1. The molecule has 6 heteroatoms. The topological polar surface area (TPSA) is 64.7 Å². The predicted octanol–water partition coefficient (Wildman–Crippen LogP) is 4.73. The van der Waals surface area contributed by atoms with E-state index >= 15 is 0 Å². The van der Waals surface area contributed by atoms with E-state index in [9.17, 15) is 4.39 Å². The summed E-state index contributed by atoms with van der Waals surface area (Å²) in [4.78, 5) is 12.9. The number of nitrogens with zero attached hydrogens (tertiary/aromatic N) is 3. The highest BCUT2D eigenvalue weighted by Crippen LogP contribution is 2.32. The number of halogens is 2. The number of hydrogen-bond donors (Lipinski definition) is 1. The van der Waals surface area contributed by atoms with Crippen LogP contribution in [0.25, 0.3) is 33.4 Å². The zero-order valence-corrected chi connectivity index (χ0v) is 13.7. The molecule has 2 heterocycles. The van der Waals surface area contributed by atoms with Crippen molar-refractivity contribution in [1.82, 2.24) is 15.0 Å². The van der Waals surface area contributed by atoms with Crippen LogP contribution in [0.5, 0.6) is 0 Å². The van der Waals surface area contributed by atoms with Crippen molar-refractivity contribution in [3.63, 3.8) is 0 Å². The van der Waals surface area contributed by atoms with Crippen molar-refractivity contribution in [2.75, 3.05) is 5.73 Å². The van der Waals surface area contributed by atoms with Crippen LogP contribution in [0.4, 0.5) is 10.3 Å². The van der Waals surface area contributed by atoms with Crippen molar-refractivity contribution < 1.29 is 4.39 Å². The Morgan fingerprint density at radius 2 is 1.56 bits per heavy atom. The lowest BCUT2D eigenvalue weighted by Crippen LogP contribution is -1.98. The normalized spacial score (nSPS) is 11.0. The zero-order valence-electron chi connectivity index (χ0n) is 12.9. The van der Waals surface area contributed by atoms with Gasteiger partial charge in [-0.15, -0.1) is 0 Å². The Balaban J connectivity index is 1.99. The summed E-state index contributed by atoms with van der Waals surface area (Å²) < 4.78 is 13.2. The van der Waals surface area contributed by atoms with Crippen LogP contribution in [-0.4, -0.2) is 15.0 Å². The summed E-state index contributed by atoms with van der Waals surface area (Å²) in [5.74, 6) is -0.146. The van der Waals surface area contributed by atoms with Crippen LogP contribution in [-0.2, 0) is 0 Å². The summed E-state index contributed by atoms with van der Waals surface area (Å²) >= 11 is 5.99. The second kappa shape index (κ2) is 6.11. The molecule has 0 saturated heterocycles. The van der Waals surface area contributed by atoms with Gasteiger partial charge in [0.15, 0.2) is 5.65 Å². The van der Waals surface area contributed by atoms with Crippen molar-refractivity contribution in [3.05, 3.63) is 71.6 Å². The largest absolute Gasteiger partial charge is 0.368 e. The molecule has 2 N–H and O–H groups in total. The third-order valence-electron chi connectivity index (χ3n) is 3.88. The minimum atomic E-state index is -0.297. The van der Waals surface area contributed by atoms with Crippen molar-refractivity contribution in [2.24, 2.45) is 0 Å². The van der Waals surface area contributed by atoms with Gasteiger partial charge in [-0.25, -0.2) is 14.4 Å². The van der Waals surface area contributed by atoms with Gasteiger partial charge in [0.05, 0.1) is 5.69 Å². The van der Waals surface area contributed by atoms with E-state index in [0.717, 1.165) is 22.1 Å². The minimum absolute atomic E-state index is 0.151. The second-order valence-electron chi connectivity index (χ2n) is 5.53. The van der Waals surface area contributed by atoms with Crippen LogP contribution in [0.3, 0.4) is 0 Å². The van der Waals surface area contributed by atoms with Gasteiger partial charge in [-0.05, 0) is 53.6 Å². The van der Waals surface area contributed by atoms with Crippen LogP contribution in [0.2, 0.25) is 5.02 Å². The van der Waals surface area contributed by atoms with Gasteiger partial charge in [-0.3, -0.25) is 0 Å². The number of benzene rings is 2. The van der Waals surface area contributed by atoms with Gasteiger partial charge in [-0.1, -0.05) is 23.7 Å². The summed E-state index contributed by atoms with van der Waals surface area (Å²) in [5, 5.41) is 1.43. The van der Waals surface area contributed by atoms with Crippen LogP contribution in [0.1, 0.15) is 0 Å². The van der Waals surface area contributed by atoms with E-state index in [1.165, 1.54) is 12.1 Å². The Morgan fingerprint density at radius 3 is 2.28 bits per heavy atom. The fourth-order valence-electron chi connectivity index (χ4n) is 2.66. The lowest BCUT2D eigenvalue weighted by Gasteiger charge is -2.10.